The van der Waals surface area contributed by atoms with Crippen LogP contribution in [0.25, 0.3) is 0 Å². The summed E-state index contributed by atoms with van der Waals surface area (Å²) in [6, 6.07) is 8.58. The van der Waals surface area contributed by atoms with Crippen molar-refractivity contribution in [2.75, 3.05) is 0 Å². The van der Waals surface area contributed by atoms with Crippen molar-refractivity contribution in [2.45, 2.75) is 44.3 Å². The van der Waals surface area contributed by atoms with Gasteiger partial charge in [0.2, 0.25) is 0 Å². The fourth-order valence-electron chi connectivity index (χ4n) is 2.63. The van der Waals surface area contributed by atoms with Gasteiger partial charge in [0.25, 0.3) is 0 Å². The van der Waals surface area contributed by atoms with Gasteiger partial charge in [-0.3, -0.25) is 5.04 Å². The van der Waals surface area contributed by atoms with Gasteiger partial charge in [-0.2, -0.15) is 4.33 Å². The number of rotatable bonds is 6. The first-order valence-corrected chi connectivity index (χ1v) is 7.74. The van der Waals surface area contributed by atoms with Crippen LogP contribution in [0, 0.1) is 5.92 Å². The number of aliphatic hydroxyl groups excluding tert-OH is 2. The first kappa shape index (κ1) is 21.3. The maximum absolute atomic E-state index is 10.5. The van der Waals surface area contributed by atoms with Gasteiger partial charge in [0.05, 0.1) is 18.2 Å². The molecule has 1 saturated heterocycles. The van der Waals surface area contributed by atoms with Crippen LogP contribution in [-0.2, 0) is 14.1 Å². The van der Waals surface area contributed by atoms with E-state index >= 15 is 0 Å². The van der Waals surface area contributed by atoms with E-state index in [-0.39, 0.29) is 41.6 Å². The van der Waals surface area contributed by atoms with E-state index in [9.17, 15) is 15.5 Å². The second-order valence-corrected chi connectivity index (χ2v) is 5.91. The van der Waals surface area contributed by atoms with Crippen molar-refractivity contribution < 1.29 is 59.1 Å². The topological polar surface area (TPSA) is 103 Å². The fourth-order valence-corrected chi connectivity index (χ4v) is 3.16. The molecule has 1 aliphatic rings. The molecule has 1 fully saturated rings. The summed E-state index contributed by atoms with van der Waals surface area (Å²) in [6.07, 6.45) is -2.93. The van der Waals surface area contributed by atoms with Crippen LogP contribution >= 0.6 is 12.2 Å². The molecule has 0 radical (unpaired) electrons. The van der Waals surface area contributed by atoms with Gasteiger partial charge < -0.3 is 20.2 Å². The maximum Gasteiger partial charge on any atom is 1.00 e. The molecule has 0 amide bonds. The van der Waals surface area contributed by atoms with Gasteiger partial charge >= 0.3 is 29.6 Å². The average molecular weight is 353 g/mol. The van der Waals surface area contributed by atoms with Gasteiger partial charge in [-0.15, -0.1) is 0 Å². The number of ether oxygens (including phenoxy) is 1. The van der Waals surface area contributed by atoms with E-state index in [0.717, 1.165) is 0 Å². The minimum atomic E-state index is -0.982. The average Bonchev–Trinajstić information content (AvgIpc) is 2.54. The number of hydrogen-bond acceptors (Lipinski definition) is 8. The van der Waals surface area contributed by atoms with Crippen molar-refractivity contribution in [3.05, 3.63) is 35.9 Å². The van der Waals surface area contributed by atoms with Crippen LogP contribution in [-0.4, -0.2) is 34.6 Å². The Morgan fingerprint density at radius 2 is 1.96 bits per heavy atom. The van der Waals surface area contributed by atoms with Crippen LogP contribution in [0.3, 0.4) is 0 Å². The molecule has 1 heterocycles. The third-order valence-electron chi connectivity index (χ3n) is 4.08. The SMILES string of the molecule is CC1OC([C@@H](O)c2ccccc2)C(O)C(NSOO[O-])C1C.[Na+]. The molecule has 5 unspecified atom stereocenters. The van der Waals surface area contributed by atoms with Gasteiger partial charge in [-0.25, -0.2) is 4.72 Å². The standard InChI is InChI=1S/C14H21NO6S.Na/c1-8-9(2)19-14(12(16)10-6-4-3-5-7-10)13(17)11(8)15-22-21-20-18;/h3-9,11-18H,1-2H3;/q;+1/p-1/t8?,9?,11?,12-,13?,14?;/m0./s1. The Bertz CT molecular complexity index is 456. The predicted molar refractivity (Wildman–Crippen MR) is 77.6 cm³/mol. The van der Waals surface area contributed by atoms with Crippen molar-refractivity contribution in [2.24, 2.45) is 5.92 Å². The van der Waals surface area contributed by atoms with Crippen LogP contribution in [0.1, 0.15) is 25.5 Å². The molecule has 7 nitrogen and oxygen atoms in total. The Hall–Kier alpha value is 0.290. The smallest absolute Gasteiger partial charge is 0.691 e. The first-order chi connectivity index (χ1) is 10.6. The molecule has 124 valence electrons. The molecular formula is C14H20NNaO6S. The van der Waals surface area contributed by atoms with Gasteiger partial charge in [0.15, 0.2) is 0 Å². The summed E-state index contributed by atoms with van der Waals surface area (Å²) in [5, 5.41) is 34.1. The monoisotopic (exact) mass is 353 g/mol. The summed E-state index contributed by atoms with van der Waals surface area (Å²) in [4.78, 5) is 0. The summed E-state index contributed by atoms with van der Waals surface area (Å²) in [5.41, 5.74) is 0.666. The summed E-state index contributed by atoms with van der Waals surface area (Å²) in [6.45, 7) is 3.76. The molecule has 0 aliphatic carbocycles. The van der Waals surface area contributed by atoms with Crippen molar-refractivity contribution in [1.29, 1.82) is 0 Å². The Labute approximate surface area is 161 Å². The summed E-state index contributed by atoms with van der Waals surface area (Å²) in [5.74, 6) is -0.0584. The Morgan fingerprint density at radius 3 is 2.57 bits per heavy atom. The van der Waals surface area contributed by atoms with E-state index in [4.69, 9.17) is 4.74 Å². The molecule has 1 aromatic rings. The Balaban J connectivity index is 0.00000264. The number of hydrogen-bond donors (Lipinski definition) is 3. The molecule has 0 bridgehead atoms. The van der Waals surface area contributed by atoms with E-state index in [1.54, 1.807) is 12.1 Å². The normalized spacial score (nSPS) is 32.1. The van der Waals surface area contributed by atoms with Crippen molar-refractivity contribution in [3.8, 4) is 0 Å². The molecule has 1 aliphatic heterocycles. The molecule has 9 heteroatoms. The molecule has 0 aromatic heterocycles. The molecule has 3 N–H and O–H groups in total. The Kier molecular flexibility index (Phi) is 9.57. The van der Waals surface area contributed by atoms with Crippen molar-refractivity contribution >= 4 is 12.2 Å². The molecule has 23 heavy (non-hydrogen) atoms. The minimum absolute atomic E-state index is 0. The molecular weight excluding hydrogens is 333 g/mol. The van der Waals surface area contributed by atoms with Gasteiger partial charge in [0, 0.05) is 5.92 Å². The number of nitrogens with one attached hydrogen (secondary N) is 1. The zero-order valence-corrected chi connectivity index (χ0v) is 16.1. The summed E-state index contributed by atoms with van der Waals surface area (Å²) >= 11 is 0.597. The number of aliphatic hydroxyl groups is 2. The van der Waals surface area contributed by atoms with Crippen LogP contribution < -0.4 is 39.5 Å². The second kappa shape index (κ2) is 10.3. The van der Waals surface area contributed by atoms with Crippen molar-refractivity contribution in [3.63, 3.8) is 0 Å². The summed E-state index contributed by atoms with van der Waals surface area (Å²) < 4.78 is 12.8. The van der Waals surface area contributed by atoms with Gasteiger partial charge in [-0.1, -0.05) is 37.3 Å². The van der Waals surface area contributed by atoms with E-state index in [1.165, 1.54) is 0 Å². The van der Waals surface area contributed by atoms with Crippen LogP contribution in [0.4, 0.5) is 0 Å². The molecule has 2 rings (SSSR count). The van der Waals surface area contributed by atoms with Crippen LogP contribution in [0.2, 0.25) is 0 Å². The van der Waals surface area contributed by atoms with Gasteiger partial charge in [-0.05, 0) is 12.5 Å². The van der Waals surface area contributed by atoms with Crippen molar-refractivity contribution in [1.82, 2.24) is 4.72 Å². The van der Waals surface area contributed by atoms with E-state index in [0.29, 0.717) is 17.8 Å². The summed E-state index contributed by atoms with van der Waals surface area (Å²) in [7, 11) is 0. The zero-order valence-electron chi connectivity index (χ0n) is 13.3. The predicted octanol–water partition coefficient (Wildman–Crippen LogP) is -2.75. The number of benzene rings is 1. The van der Waals surface area contributed by atoms with Gasteiger partial charge in [0.1, 0.15) is 24.4 Å². The van der Waals surface area contributed by atoms with E-state index in [1.807, 2.05) is 32.0 Å². The minimum Gasteiger partial charge on any atom is -0.691 e. The molecule has 6 atom stereocenters. The van der Waals surface area contributed by atoms with Crippen LogP contribution in [0.15, 0.2) is 30.3 Å². The molecule has 0 saturated carbocycles. The molecule has 0 spiro atoms. The van der Waals surface area contributed by atoms with Crippen LogP contribution in [0.5, 0.6) is 0 Å². The Morgan fingerprint density at radius 1 is 1.30 bits per heavy atom. The van der Waals surface area contributed by atoms with E-state index < -0.39 is 24.4 Å². The fraction of sp³-hybridized carbons (Fsp3) is 0.571. The zero-order chi connectivity index (χ0) is 16.1. The largest absolute Gasteiger partial charge is 1.00 e. The quantitative estimate of drug-likeness (QED) is 0.126. The maximum atomic E-state index is 10.5. The third kappa shape index (κ3) is 5.38. The first-order valence-electron chi connectivity index (χ1n) is 7.00. The molecule has 1 aromatic carbocycles. The third-order valence-corrected chi connectivity index (χ3v) is 4.57. The van der Waals surface area contributed by atoms with E-state index in [2.05, 4.69) is 14.1 Å². The second-order valence-electron chi connectivity index (χ2n) is 5.37.